The molecule has 2 amide bonds. The molecule has 2 aromatic carbocycles. The van der Waals surface area contributed by atoms with E-state index < -0.39 is 40.5 Å². The van der Waals surface area contributed by atoms with Gasteiger partial charge in [-0.15, -0.1) is 0 Å². The highest BCUT2D eigenvalue weighted by atomic mass is 32.2. The highest BCUT2D eigenvalue weighted by Crippen LogP contribution is 2.31. The standard InChI is InChI=1S/C14H11F4N3O3S/c15-11-6-1-8(14(16,17)18)7-12(11)20-13(22)19-9-2-4-10(5-3-9)21-25(23)24/h1-7,21H,(H,23,24)(H2,19,20,22). The number of amides is 2. The number of rotatable bonds is 4. The average Bonchev–Trinajstić information content (AvgIpc) is 2.50. The Morgan fingerprint density at radius 2 is 1.60 bits per heavy atom. The summed E-state index contributed by atoms with van der Waals surface area (Å²) in [6, 6.07) is 6.21. The fourth-order valence-electron chi connectivity index (χ4n) is 1.80. The van der Waals surface area contributed by atoms with E-state index in [1.54, 1.807) is 0 Å². The predicted octanol–water partition coefficient (Wildman–Crippen LogP) is 4.04. The molecule has 0 bridgehead atoms. The monoisotopic (exact) mass is 377 g/mol. The Morgan fingerprint density at radius 1 is 1.00 bits per heavy atom. The SMILES string of the molecule is O=C(Nc1ccc(NS(=O)O)cc1)Nc1cc(C(F)(F)F)ccc1F. The van der Waals surface area contributed by atoms with Crippen LogP contribution in [0.2, 0.25) is 0 Å². The summed E-state index contributed by atoms with van der Waals surface area (Å²) in [6.45, 7) is 0. The molecule has 134 valence electrons. The topological polar surface area (TPSA) is 90.5 Å². The summed E-state index contributed by atoms with van der Waals surface area (Å²) in [5.74, 6) is -1.02. The minimum Gasteiger partial charge on any atom is -0.308 e. The lowest BCUT2D eigenvalue weighted by molar-refractivity contribution is -0.137. The van der Waals surface area contributed by atoms with Gasteiger partial charge >= 0.3 is 12.2 Å². The van der Waals surface area contributed by atoms with Crippen LogP contribution in [0, 0.1) is 5.82 Å². The second-order valence-electron chi connectivity index (χ2n) is 4.70. The highest BCUT2D eigenvalue weighted by Gasteiger charge is 2.31. The first-order valence-electron chi connectivity index (χ1n) is 6.57. The van der Waals surface area contributed by atoms with Crippen molar-refractivity contribution < 1.29 is 31.1 Å². The molecule has 0 aromatic heterocycles. The molecule has 0 radical (unpaired) electrons. The molecule has 0 aliphatic carbocycles. The van der Waals surface area contributed by atoms with Crippen LogP contribution in [0.5, 0.6) is 0 Å². The van der Waals surface area contributed by atoms with Gasteiger partial charge in [0.1, 0.15) is 5.82 Å². The summed E-state index contributed by atoms with van der Waals surface area (Å²) < 4.78 is 72.8. The van der Waals surface area contributed by atoms with Crippen molar-refractivity contribution in [3.8, 4) is 0 Å². The zero-order valence-electron chi connectivity index (χ0n) is 12.2. The Balaban J connectivity index is 2.06. The summed E-state index contributed by atoms with van der Waals surface area (Å²) >= 11 is -2.26. The number of hydrogen-bond acceptors (Lipinski definition) is 2. The van der Waals surface area contributed by atoms with E-state index in [2.05, 4.69) is 10.0 Å². The van der Waals surface area contributed by atoms with Crippen LogP contribution in [-0.4, -0.2) is 14.8 Å². The summed E-state index contributed by atoms with van der Waals surface area (Å²) in [4.78, 5) is 11.8. The minimum absolute atomic E-state index is 0.235. The largest absolute Gasteiger partial charge is 0.416 e. The van der Waals surface area contributed by atoms with E-state index in [0.717, 1.165) is 0 Å². The van der Waals surface area contributed by atoms with Gasteiger partial charge in [0, 0.05) is 11.4 Å². The van der Waals surface area contributed by atoms with Gasteiger partial charge in [0.15, 0.2) is 0 Å². The average molecular weight is 377 g/mol. The van der Waals surface area contributed by atoms with E-state index in [1.165, 1.54) is 24.3 Å². The van der Waals surface area contributed by atoms with Crippen LogP contribution in [-0.2, 0) is 17.4 Å². The summed E-state index contributed by atoms with van der Waals surface area (Å²) in [6.07, 6.45) is -4.67. The van der Waals surface area contributed by atoms with Crippen molar-refractivity contribution in [2.45, 2.75) is 6.18 Å². The maximum absolute atomic E-state index is 13.6. The molecule has 2 aromatic rings. The normalized spacial score (nSPS) is 12.4. The number of halogens is 4. The zero-order chi connectivity index (χ0) is 18.6. The van der Waals surface area contributed by atoms with Gasteiger partial charge in [-0.3, -0.25) is 9.27 Å². The molecule has 0 aliphatic rings. The lowest BCUT2D eigenvalue weighted by Crippen LogP contribution is -2.20. The van der Waals surface area contributed by atoms with Crippen molar-refractivity contribution in [1.82, 2.24) is 0 Å². The van der Waals surface area contributed by atoms with E-state index in [4.69, 9.17) is 4.55 Å². The molecule has 6 nitrogen and oxygen atoms in total. The van der Waals surface area contributed by atoms with Crippen LogP contribution in [0.3, 0.4) is 0 Å². The smallest absolute Gasteiger partial charge is 0.308 e. The Kier molecular flexibility index (Phi) is 5.59. The quantitative estimate of drug-likeness (QED) is 0.479. The molecule has 0 heterocycles. The van der Waals surface area contributed by atoms with E-state index >= 15 is 0 Å². The maximum Gasteiger partial charge on any atom is 0.416 e. The molecule has 0 saturated heterocycles. The number of hydrogen-bond donors (Lipinski definition) is 4. The second-order valence-corrected chi connectivity index (χ2v) is 5.40. The second kappa shape index (κ2) is 7.49. The maximum atomic E-state index is 13.6. The zero-order valence-corrected chi connectivity index (χ0v) is 13.0. The van der Waals surface area contributed by atoms with Crippen molar-refractivity contribution in [3.05, 3.63) is 53.8 Å². The number of nitrogens with one attached hydrogen (secondary N) is 3. The lowest BCUT2D eigenvalue weighted by Gasteiger charge is -2.12. The van der Waals surface area contributed by atoms with Crippen LogP contribution in [0.15, 0.2) is 42.5 Å². The number of alkyl halides is 3. The molecule has 2 rings (SSSR count). The molecular formula is C14H11F4N3O3S. The molecule has 0 saturated carbocycles. The molecule has 1 unspecified atom stereocenters. The van der Waals surface area contributed by atoms with Gasteiger partial charge < -0.3 is 10.6 Å². The molecule has 0 aliphatic heterocycles. The van der Waals surface area contributed by atoms with Gasteiger partial charge in [-0.25, -0.2) is 13.4 Å². The van der Waals surface area contributed by atoms with Crippen LogP contribution < -0.4 is 15.4 Å². The van der Waals surface area contributed by atoms with E-state index in [1.807, 2.05) is 5.32 Å². The number of urea groups is 1. The van der Waals surface area contributed by atoms with Crippen LogP contribution >= 0.6 is 0 Å². The first-order chi connectivity index (χ1) is 11.6. The minimum atomic E-state index is -4.67. The molecular weight excluding hydrogens is 366 g/mol. The van der Waals surface area contributed by atoms with Crippen molar-refractivity contribution >= 4 is 34.4 Å². The number of carbonyl (C=O) groups excluding carboxylic acids is 1. The molecule has 4 N–H and O–H groups in total. The van der Waals surface area contributed by atoms with E-state index in [-0.39, 0.29) is 5.69 Å². The molecule has 0 fully saturated rings. The third kappa shape index (κ3) is 5.43. The van der Waals surface area contributed by atoms with Gasteiger partial charge in [0.2, 0.25) is 0 Å². The van der Waals surface area contributed by atoms with Gasteiger partial charge in [-0.05, 0) is 42.5 Å². The Labute approximate surface area is 141 Å². The van der Waals surface area contributed by atoms with E-state index in [9.17, 15) is 26.6 Å². The van der Waals surface area contributed by atoms with Crippen molar-refractivity contribution in [1.29, 1.82) is 0 Å². The van der Waals surface area contributed by atoms with Crippen LogP contribution in [0.4, 0.5) is 39.4 Å². The highest BCUT2D eigenvalue weighted by molar-refractivity contribution is 7.80. The summed E-state index contributed by atoms with van der Waals surface area (Å²) in [5.41, 5.74) is -1.19. The van der Waals surface area contributed by atoms with Crippen molar-refractivity contribution in [2.24, 2.45) is 0 Å². The van der Waals surface area contributed by atoms with Crippen LogP contribution in [0.1, 0.15) is 5.56 Å². The summed E-state index contributed by atoms with van der Waals surface area (Å²) in [7, 11) is 0. The number of benzene rings is 2. The van der Waals surface area contributed by atoms with Gasteiger partial charge in [-0.2, -0.15) is 13.2 Å². The third-order valence-corrected chi connectivity index (χ3v) is 3.30. The first kappa shape index (κ1) is 18.7. The molecule has 0 spiro atoms. The van der Waals surface area contributed by atoms with Gasteiger partial charge in [0.25, 0.3) is 11.3 Å². The Morgan fingerprint density at radius 3 is 2.16 bits per heavy atom. The number of carbonyl (C=O) groups is 1. The predicted molar refractivity (Wildman–Crippen MR) is 84.9 cm³/mol. The molecule has 11 heteroatoms. The Hall–Kier alpha value is -2.66. The fourth-order valence-corrected chi connectivity index (χ4v) is 2.14. The van der Waals surface area contributed by atoms with Crippen molar-refractivity contribution in [2.75, 3.05) is 15.4 Å². The van der Waals surface area contributed by atoms with E-state index in [0.29, 0.717) is 23.9 Å². The third-order valence-electron chi connectivity index (χ3n) is 2.89. The fraction of sp³-hybridized carbons (Fsp3) is 0.0714. The molecule has 25 heavy (non-hydrogen) atoms. The van der Waals surface area contributed by atoms with Gasteiger partial charge in [0.05, 0.1) is 11.3 Å². The number of anilines is 3. The van der Waals surface area contributed by atoms with Crippen LogP contribution in [0.25, 0.3) is 0 Å². The lowest BCUT2D eigenvalue weighted by atomic mass is 10.2. The summed E-state index contributed by atoms with van der Waals surface area (Å²) in [5, 5.41) is 4.28. The molecule has 1 atom stereocenters. The van der Waals surface area contributed by atoms with Crippen molar-refractivity contribution in [3.63, 3.8) is 0 Å². The Bertz CT molecular complexity index is 797. The first-order valence-corrected chi connectivity index (χ1v) is 7.68. The van der Waals surface area contributed by atoms with Gasteiger partial charge in [-0.1, -0.05) is 0 Å².